The molecule has 0 spiro atoms. The van der Waals surface area contributed by atoms with Crippen molar-refractivity contribution in [1.82, 2.24) is 30.0 Å². The van der Waals surface area contributed by atoms with Crippen molar-refractivity contribution >= 4 is 16.8 Å². The Balaban J connectivity index is 1.59. The van der Waals surface area contributed by atoms with Crippen molar-refractivity contribution in [3.63, 3.8) is 0 Å². The summed E-state index contributed by atoms with van der Waals surface area (Å²) in [7, 11) is 1.87. The van der Waals surface area contributed by atoms with E-state index in [1.54, 1.807) is 24.0 Å². The molecule has 0 saturated heterocycles. The molecule has 0 saturated carbocycles. The van der Waals surface area contributed by atoms with Gasteiger partial charge in [-0.15, -0.1) is 0 Å². The molecule has 7 nitrogen and oxygen atoms in total. The third-order valence-electron chi connectivity index (χ3n) is 5.88. The zero-order valence-corrected chi connectivity index (χ0v) is 20.2. The second-order valence-corrected chi connectivity index (χ2v) is 8.51. The maximum atomic E-state index is 13.0. The number of hydrogen-bond acceptors (Lipinski definition) is 5. The van der Waals surface area contributed by atoms with Crippen molar-refractivity contribution in [1.29, 1.82) is 0 Å². The molecular weight excluding hydrogens is 448 g/mol. The van der Waals surface area contributed by atoms with Crippen LogP contribution in [0.3, 0.4) is 0 Å². The first-order valence-electron chi connectivity index (χ1n) is 11.6. The number of amides is 1. The van der Waals surface area contributed by atoms with Crippen LogP contribution in [0.15, 0.2) is 79.4 Å². The van der Waals surface area contributed by atoms with Crippen molar-refractivity contribution in [3.05, 3.63) is 107 Å². The van der Waals surface area contributed by atoms with Gasteiger partial charge in [0.15, 0.2) is 0 Å². The molecule has 5 aromatic rings. The molecule has 0 bridgehead atoms. The summed E-state index contributed by atoms with van der Waals surface area (Å²) in [5.74, 6) is 6.16. The fraction of sp³-hybridized carbons (Fsp3) is 0.138. The van der Waals surface area contributed by atoms with Gasteiger partial charge in [0, 0.05) is 42.2 Å². The second-order valence-electron chi connectivity index (χ2n) is 8.51. The number of carbonyl (C=O) groups excluding carboxylic acids is 1. The van der Waals surface area contributed by atoms with Gasteiger partial charge >= 0.3 is 0 Å². The Labute approximate surface area is 209 Å². The Kier molecular flexibility index (Phi) is 6.25. The van der Waals surface area contributed by atoms with Crippen molar-refractivity contribution in [3.8, 4) is 23.1 Å². The lowest BCUT2D eigenvalue weighted by molar-refractivity contribution is 0.0933. The summed E-state index contributed by atoms with van der Waals surface area (Å²) in [4.78, 5) is 26.4. The van der Waals surface area contributed by atoms with Gasteiger partial charge in [-0.1, -0.05) is 54.3 Å². The number of aromatic nitrogens is 5. The molecule has 0 aliphatic carbocycles. The van der Waals surface area contributed by atoms with E-state index >= 15 is 0 Å². The molecule has 0 aliphatic heterocycles. The van der Waals surface area contributed by atoms with Gasteiger partial charge in [0.25, 0.3) is 5.91 Å². The predicted octanol–water partition coefficient (Wildman–Crippen LogP) is 4.62. The zero-order valence-electron chi connectivity index (χ0n) is 20.2. The molecule has 1 N–H and O–H groups in total. The molecule has 1 atom stereocenters. The number of pyridine rings is 1. The molecule has 3 aromatic heterocycles. The van der Waals surface area contributed by atoms with Gasteiger partial charge in [-0.25, -0.2) is 9.97 Å². The maximum absolute atomic E-state index is 13.0. The SMILES string of the molecule is Cc1nccnc1C(=O)NC(C)c1cc2cccc(C#Cc3cnn(C)c3)c2nc1-c1ccccc1. The summed E-state index contributed by atoms with van der Waals surface area (Å²) in [5.41, 5.74) is 6.02. The van der Waals surface area contributed by atoms with Crippen LogP contribution in [0, 0.1) is 18.8 Å². The molecule has 0 radical (unpaired) electrons. The van der Waals surface area contributed by atoms with Gasteiger partial charge in [-0.2, -0.15) is 5.10 Å². The number of fused-ring (bicyclic) bond motifs is 1. The fourth-order valence-electron chi connectivity index (χ4n) is 4.07. The van der Waals surface area contributed by atoms with Crippen LogP contribution in [0.5, 0.6) is 0 Å². The number of benzene rings is 2. The van der Waals surface area contributed by atoms with Gasteiger partial charge in [-0.05, 0) is 26.0 Å². The van der Waals surface area contributed by atoms with E-state index in [1.807, 2.05) is 68.7 Å². The summed E-state index contributed by atoms with van der Waals surface area (Å²) in [5, 5.41) is 8.20. The lowest BCUT2D eigenvalue weighted by atomic mass is 9.97. The number of para-hydroxylation sites is 1. The molecule has 1 amide bonds. The lowest BCUT2D eigenvalue weighted by Crippen LogP contribution is -2.28. The normalized spacial score (nSPS) is 11.5. The third kappa shape index (κ3) is 4.70. The van der Waals surface area contributed by atoms with E-state index in [-0.39, 0.29) is 11.9 Å². The van der Waals surface area contributed by atoms with Gasteiger partial charge in [0.2, 0.25) is 0 Å². The lowest BCUT2D eigenvalue weighted by Gasteiger charge is -2.19. The third-order valence-corrected chi connectivity index (χ3v) is 5.88. The van der Waals surface area contributed by atoms with Crippen molar-refractivity contribution in [2.75, 3.05) is 0 Å². The summed E-state index contributed by atoms with van der Waals surface area (Å²) in [6.45, 7) is 3.72. The second kappa shape index (κ2) is 9.80. The zero-order chi connectivity index (χ0) is 25.1. The number of hydrogen-bond donors (Lipinski definition) is 1. The van der Waals surface area contributed by atoms with Crippen molar-refractivity contribution in [2.45, 2.75) is 19.9 Å². The largest absolute Gasteiger partial charge is 0.344 e. The van der Waals surface area contributed by atoms with Gasteiger partial charge in [0.1, 0.15) is 5.69 Å². The molecule has 36 heavy (non-hydrogen) atoms. The number of nitrogens with one attached hydrogen (secondary N) is 1. The van der Waals surface area contributed by atoms with Gasteiger partial charge in [0.05, 0.1) is 40.3 Å². The van der Waals surface area contributed by atoms with E-state index in [2.05, 4.69) is 38.3 Å². The van der Waals surface area contributed by atoms with E-state index in [0.29, 0.717) is 11.4 Å². The first-order valence-corrected chi connectivity index (χ1v) is 11.6. The molecule has 1 unspecified atom stereocenters. The first kappa shape index (κ1) is 22.9. The molecule has 176 valence electrons. The Morgan fingerprint density at radius 2 is 1.83 bits per heavy atom. The standard InChI is InChI=1S/C29H24N6O/c1-19(33-29(36)26-20(2)30-14-15-31-26)25-16-24-11-7-10-23(13-12-21-17-32-35(3)18-21)27(24)34-28(25)22-8-5-4-6-9-22/h4-11,14-19H,1-3H3,(H,33,36). The molecule has 0 aliphatic rings. The quantitative estimate of drug-likeness (QED) is 0.386. The van der Waals surface area contributed by atoms with Crippen LogP contribution in [0.1, 0.15) is 45.8 Å². The van der Waals surface area contributed by atoms with Crippen LogP contribution < -0.4 is 5.32 Å². The van der Waals surface area contributed by atoms with Gasteiger partial charge in [-0.3, -0.25) is 14.5 Å². The van der Waals surface area contributed by atoms with Crippen molar-refractivity contribution < 1.29 is 4.79 Å². The van der Waals surface area contributed by atoms with Crippen LogP contribution in [-0.2, 0) is 7.05 Å². The van der Waals surface area contributed by atoms with Crippen LogP contribution in [0.2, 0.25) is 0 Å². The van der Waals surface area contributed by atoms with Crippen LogP contribution in [0.25, 0.3) is 22.2 Å². The molecule has 2 aromatic carbocycles. The van der Waals surface area contributed by atoms with Crippen LogP contribution in [-0.4, -0.2) is 30.6 Å². The van der Waals surface area contributed by atoms with E-state index in [4.69, 9.17) is 4.98 Å². The summed E-state index contributed by atoms with van der Waals surface area (Å²) >= 11 is 0. The van der Waals surface area contributed by atoms with Crippen molar-refractivity contribution in [2.24, 2.45) is 7.05 Å². The highest BCUT2D eigenvalue weighted by Crippen LogP contribution is 2.31. The van der Waals surface area contributed by atoms with E-state index in [0.717, 1.165) is 38.9 Å². The summed E-state index contributed by atoms with van der Waals surface area (Å²) < 4.78 is 1.73. The average molecular weight is 473 g/mol. The topological polar surface area (TPSA) is 85.6 Å². The number of carbonyl (C=O) groups is 1. The smallest absolute Gasteiger partial charge is 0.272 e. The molecule has 7 heteroatoms. The number of rotatable bonds is 4. The molecular formula is C29H24N6O. The fourth-order valence-corrected chi connectivity index (χ4v) is 4.07. The Hall–Kier alpha value is -4.83. The van der Waals surface area contributed by atoms with Crippen LogP contribution in [0.4, 0.5) is 0 Å². The highest BCUT2D eigenvalue weighted by molar-refractivity contribution is 5.94. The van der Waals surface area contributed by atoms with Gasteiger partial charge < -0.3 is 5.32 Å². The van der Waals surface area contributed by atoms with E-state index in [1.165, 1.54) is 6.20 Å². The molecule has 0 fully saturated rings. The van der Waals surface area contributed by atoms with E-state index < -0.39 is 0 Å². The highest BCUT2D eigenvalue weighted by Gasteiger charge is 2.20. The Morgan fingerprint density at radius 1 is 1.03 bits per heavy atom. The number of nitrogens with zero attached hydrogens (tertiary/aromatic N) is 5. The summed E-state index contributed by atoms with van der Waals surface area (Å²) in [6, 6.07) is 17.7. The minimum Gasteiger partial charge on any atom is -0.344 e. The monoisotopic (exact) mass is 472 g/mol. The minimum atomic E-state index is -0.323. The van der Waals surface area contributed by atoms with E-state index in [9.17, 15) is 4.79 Å². The minimum absolute atomic E-state index is 0.275. The summed E-state index contributed by atoms with van der Waals surface area (Å²) in [6.07, 6.45) is 6.71. The number of aryl methyl sites for hydroxylation is 2. The average Bonchev–Trinajstić information content (AvgIpc) is 3.32. The Morgan fingerprint density at radius 3 is 2.58 bits per heavy atom. The predicted molar refractivity (Wildman–Crippen MR) is 139 cm³/mol. The first-order chi connectivity index (χ1) is 17.5. The van der Waals surface area contributed by atoms with Crippen LogP contribution >= 0.6 is 0 Å². The Bertz CT molecular complexity index is 1630. The molecule has 5 rings (SSSR count). The highest BCUT2D eigenvalue weighted by atomic mass is 16.1. The maximum Gasteiger partial charge on any atom is 0.272 e. The molecule has 3 heterocycles.